The molecule has 1 heterocycles. The van der Waals surface area contributed by atoms with Crippen molar-refractivity contribution in [3.05, 3.63) is 28.7 Å². The molecule has 0 aromatic heterocycles. The second kappa shape index (κ2) is 8.00. The van der Waals surface area contributed by atoms with Crippen LogP contribution in [0.15, 0.2) is 28.7 Å². The number of hydrogen-bond donors (Lipinski definition) is 1. The van der Waals surface area contributed by atoms with Gasteiger partial charge in [0.1, 0.15) is 12.4 Å². The molecule has 0 spiro atoms. The monoisotopic (exact) mass is 334 g/mol. The zero-order valence-corrected chi connectivity index (χ0v) is 13.0. The summed E-state index contributed by atoms with van der Waals surface area (Å²) in [4.78, 5) is 2.44. The third-order valence-corrected chi connectivity index (χ3v) is 3.42. The normalized spacial score (nSPS) is 20.2. The molecule has 0 amide bonds. The first-order chi connectivity index (χ1) is 8.24. The molecule has 1 aliphatic heterocycles. The molecule has 1 atom stereocenters. The minimum absolute atomic E-state index is 0. The lowest BCUT2D eigenvalue weighted by Crippen LogP contribution is -2.50. The molecule has 102 valence electrons. The van der Waals surface area contributed by atoms with Crippen molar-refractivity contribution in [1.82, 2.24) is 10.2 Å². The lowest BCUT2D eigenvalue weighted by atomic mass is 10.2. The van der Waals surface area contributed by atoms with Crippen molar-refractivity contribution in [2.24, 2.45) is 0 Å². The van der Waals surface area contributed by atoms with Gasteiger partial charge in [-0.2, -0.15) is 0 Å². The van der Waals surface area contributed by atoms with Crippen molar-refractivity contribution in [2.75, 3.05) is 32.8 Å². The Labute approximate surface area is 123 Å². The molecular weight excluding hydrogens is 316 g/mol. The van der Waals surface area contributed by atoms with Crippen LogP contribution in [0.2, 0.25) is 0 Å². The van der Waals surface area contributed by atoms with E-state index >= 15 is 0 Å². The van der Waals surface area contributed by atoms with Crippen LogP contribution in [-0.2, 0) is 0 Å². The van der Waals surface area contributed by atoms with Crippen molar-refractivity contribution in [2.45, 2.75) is 13.0 Å². The smallest absolute Gasteiger partial charge is 0.120 e. The predicted octanol–water partition coefficient (Wildman–Crippen LogP) is 2.54. The van der Waals surface area contributed by atoms with Crippen LogP contribution in [0.1, 0.15) is 6.92 Å². The van der Waals surface area contributed by atoms with Gasteiger partial charge in [0.15, 0.2) is 0 Å². The second-order valence-electron chi connectivity index (χ2n) is 4.46. The molecule has 1 aliphatic rings. The Morgan fingerprint density at radius 3 is 3.06 bits per heavy atom. The van der Waals surface area contributed by atoms with E-state index in [0.29, 0.717) is 6.04 Å². The predicted molar refractivity (Wildman–Crippen MR) is 80.8 cm³/mol. The molecule has 18 heavy (non-hydrogen) atoms. The van der Waals surface area contributed by atoms with Gasteiger partial charge < -0.3 is 10.1 Å². The quantitative estimate of drug-likeness (QED) is 0.915. The summed E-state index contributed by atoms with van der Waals surface area (Å²) in [6.45, 7) is 7.29. The number of nitrogens with one attached hydrogen (secondary N) is 1. The highest BCUT2D eigenvalue weighted by Gasteiger charge is 2.14. The topological polar surface area (TPSA) is 24.5 Å². The van der Waals surface area contributed by atoms with Crippen LogP contribution >= 0.6 is 28.3 Å². The van der Waals surface area contributed by atoms with Gasteiger partial charge >= 0.3 is 0 Å². The van der Waals surface area contributed by atoms with Crippen molar-refractivity contribution < 1.29 is 4.74 Å². The maximum absolute atomic E-state index is 5.73. The standard InChI is InChI=1S/C13H19BrN2O.ClH/c1-11-10-16(6-5-15-11)7-8-17-13-4-2-3-12(14)9-13;/h2-4,9,11,15H,5-8,10H2,1H3;1H. The van der Waals surface area contributed by atoms with Crippen molar-refractivity contribution in [3.8, 4) is 5.75 Å². The molecule has 1 aromatic carbocycles. The van der Waals surface area contributed by atoms with Crippen molar-refractivity contribution in [1.29, 1.82) is 0 Å². The summed E-state index contributed by atoms with van der Waals surface area (Å²) in [6, 6.07) is 8.58. The molecule has 0 saturated carbocycles. The Morgan fingerprint density at radius 1 is 1.50 bits per heavy atom. The van der Waals surface area contributed by atoms with Crippen LogP contribution in [0.4, 0.5) is 0 Å². The molecule has 1 aromatic rings. The number of benzene rings is 1. The fourth-order valence-corrected chi connectivity index (χ4v) is 2.44. The highest BCUT2D eigenvalue weighted by atomic mass is 79.9. The van der Waals surface area contributed by atoms with Gasteiger partial charge in [-0.1, -0.05) is 22.0 Å². The van der Waals surface area contributed by atoms with E-state index in [0.717, 1.165) is 43.0 Å². The minimum Gasteiger partial charge on any atom is -0.492 e. The highest BCUT2D eigenvalue weighted by Crippen LogP contribution is 2.17. The van der Waals surface area contributed by atoms with Gasteiger partial charge in [-0.05, 0) is 25.1 Å². The number of piperazine rings is 1. The molecule has 0 aliphatic carbocycles. The molecular formula is C13H20BrClN2O. The SMILES string of the molecule is CC1CN(CCOc2cccc(Br)c2)CCN1.Cl. The molecule has 5 heteroatoms. The Kier molecular flexibility index (Phi) is 7.00. The zero-order valence-electron chi connectivity index (χ0n) is 10.6. The lowest BCUT2D eigenvalue weighted by molar-refractivity contribution is 0.170. The van der Waals surface area contributed by atoms with Crippen molar-refractivity contribution in [3.63, 3.8) is 0 Å². The maximum atomic E-state index is 5.73. The summed E-state index contributed by atoms with van der Waals surface area (Å²) in [5, 5.41) is 3.44. The van der Waals surface area contributed by atoms with Crippen LogP contribution < -0.4 is 10.1 Å². The Balaban J connectivity index is 0.00000162. The lowest BCUT2D eigenvalue weighted by Gasteiger charge is -2.31. The molecule has 3 nitrogen and oxygen atoms in total. The first-order valence-electron chi connectivity index (χ1n) is 6.08. The summed E-state index contributed by atoms with van der Waals surface area (Å²) in [6.07, 6.45) is 0. The number of hydrogen-bond acceptors (Lipinski definition) is 3. The molecule has 2 rings (SSSR count). The van der Waals surface area contributed by atoms with Crippen LogP contribution in [-0.4, -0.2) is 43.7 Å². The molecule has 0 radical (unpaired) electrons. The summed E-state index contributed by atoms with van der Waals surface area (Å²) >= 11 is 3.44. The fourth-order valence-electron chi connectivity index (χ4n) is 2.06. The Hall–Kier alpha value is -0.290. The van der Waals surface area contributed by atoms with Gasteiger partial charge in [0, 0.05) is 36.7 Å². The van der Waals surface area contributed by atoms with E-state index in [-0.39, 0.29) is 12.4 Å². The van der Waals surface area contributed by atoms with E-state index in [1.165, 1.54) is 0 Å². The summed E-state index contributed by atoms with van der Waals surface area (Å²) in [5.41, 5.74) is 0. The van der Waals surface area contributed by atoms with E-state index in [9.17, 15) is 0 Å². The maximum Gasteiger partial charge on any atom is 0.120 e. The van der Waals surface area contributed by atoms with Gasteiger partial charge in [0.2, 0.25) is 0 Å². The van der Waals surface area contributed by atoms with E-state index < -0.39 is 0 Å². The van der Waals surface area contributed by atoms with Crippen LogP contribution in [0.5, 0.6) is 5.75 Å². The Morgan fingerprint density at radius 2 is 2.33 bits per heavy atom. The summed E-state index contributed by atoms with van der Waals surface area (Å²) < 4.78 is 6.79. The first-order valence-corrected chi connectivity index (χ1v) is 6.87. The van der Waals surface area contributed by atoms with Gasteiger partial charge in [0.25, 0.3) is 0 Å². The average molecular weight is 336 g/mol. The fraction of sp³-hybridized carbons (Fsp3) is 0.538. The van der Waals surface area contributed by atoms with E-state index in [1.54, 1.807) is 0 Å². The summed E-state index contributed by atoms with van der Waals surface area (Å²) in [7, 11) is 0. The highest BCUT2D eigenvalue weighted by molar-refractivity contribution is 9.10. The average Bonchev–Trinajstić information content (AvgIpc) is 2.29. The molecule has 1 fully saturated rings. The Bertz CT molecular complexity index is 365. The number of rotatable bonds is 4. The number of nitrogens with zero attached hydrogens (tertiary/aromatic N) is 1. The van der Waals surface area contributed by atoms with Gasteiger partial charge in [-0.25, -0.2) is 0 Å². The molecule has 1 N–H and O–H groups in total. The van der Waals surface area contributed by atoms with Gasteiger partial charge in [-0.15, -0.1) is 12.4 Å². The third-order valence-electron chi connectivity index (χ3n) is 2.93. The molecule has 0 bridgehead atoms. The van der Waals surface area contributed by atoms with E-state index in [1.807, 2.05) is 24.3 Å². The minimum atomic E-state index is 0. The number of ether oxygens (including phenoxy) is 1. The second-order valence-corrected chi connectivity index (χ2v) is 5.38. The van der Waals surface area contributed by atoms with Crippen LogP contribution in [0.25, 0.3) is 0 Å². The van der Waals surface area contributed by atoms with Gasteiger partial charge in [0.05, 0.1) is 0 Å². The van der Waals surface area contributed by atoms with E-state index in [2.05, 4.69) is 33.1 Å². The molecule has 1 saturated heterocycles. The van der Waals surface area contributed by atoms with Crippen LogP contribution in [0.3, 0.4) is 0 Å². The molecule has 1 unspecified atom stereocenters. The van der Waals surface area contributed by atoms with E-state index in [4.69, 9.17) is 4.74 Å². The van der Waals surface area contributed by atoms with Crippen LogP contribution in [0, 0.1) is 0 Å². The first kappa shape index (κ1) is 15.8. The van der Waals surface area contributed by atoms with Crippen molar-refractivity contribution >= 4 is 28.3 Å². The third kappa shape index (κ3) is 5.14. The van der Waals surface area contributed by atoms with Gasteiger partial charge in [-0.3, -0.25) is 4.90 Å². The summed E-state index contributed by atoms with van der Waals surface area (Å²) in [5.74, 6) is 0.933. The zero-order chi connectivity index (χ0) is 12.1. The largest absolute Gasteiger partial charge is 0.492 e. The number of halogens is 2.